The molecule has 1 nitrogen and oxygen atoms in total. The summed E-state index contributed by atoms with van der Waals surface area (Å²) in [6.07, 6.45) is 1.81. The molecule has 0 bridgehead atoms. The Morgan fingerprint density at radius 3 is 2.35 bits per heavy atom. The molecule has 90 valence electrons. The van der Waals surface area contributed by atoms with Crippen LogP contribution in [0.25, 0.3) is 0 Å². The molecule has 0 aromatic heterocycles. The lowest BCUT2D eigenvalue weighted by molar-refractivity contribution is 0.0116. The second-order valence-corrected chi connectivity index (χ2v) is 5.87. The Balaban J connectivity index is 2.27. The third-order valence-electron chi connectivity index (χ3n) is 3.81. The van der Waals surface area contributed by atoms with Crippen molar-refractivity contribution in [3.63, 3.8) is 0 Å². The van der Waals surface area contributed by atoms with Crippen LogP contribution in [0.1, 0.15) is 39.2 Å². The lowest BCUT2D eigenvalue weighted by Gasteiger charge is -2.31. The fraction of sp³-hybridized carbons (Fsp3) is 0.500. The minimum Gasteiger partial charge on any atom is -0.377 e. The molecule has 1 saturated carbocycles. The van der Waals surface area contributed by atoms with Crippen LogP contribution in [0, 0.1) is 23.2 Å². The van der Waals surface area contributed by atoms with Crippen molar-refractivity contribution < 1.29 is 5.11 Å². The standard InChI is InChI=1S/C16H20O/c1-13-11-15(2,3)16(17,12-13)10-9-14-7-5-4-6-8-14/h4-8,13,17H,11-12H2,1-3H3. The first-order valence-electron chi connectivity index (χ1n) is 6.24. The molecule has 0 radical (unpaired) electrons. The molecule has 0 amide bonds. The van der Waals surface area contributed by atoms with Crippen molar-refractivity contribution in [3.05, 3.63) is 35.9 Å². The number of rotatable bonds is 0. The molecule has 0 aliphatic heterocycles. The van der Waals surface area contributed by atoms with Crippen molar-refractivity contribution in [2.24, 2.45) is 11.3 Å². The fourth-order valence-electron chi connectivity index (χ4n) is 2.81. The number of hydrogen-bond acceptors (Lipinski definition) is 1. The van der Waals surface area contributed by atoms with E-state index < -0.39 is 5.60 Å². The Bertz CT molecular complexity index is 449. The van der Waals surface area contributed by atoms with Gasteiger partial charge in [-0.05, 0) is 30.9 Å². The average molecular weight is 228 g/mol. The van der Waals surface area contributed by atoms with E-state index in [0.29, 0.717) is 5.92 Å². The van der Waals surface area contributed by atoms with E-state index in [-0.39, 0.29) is 5.41 Å². The van der Waals surface area contributed by atoms with E-state index in [1.165, 1.54) is 0 Å². The second kappa shape index (κ2) is 4.20. The van der Waals surface area contributed by atoms with Gasteiger partial charge in [-0.1, -0.05) is 50.8 Å². The highest BCUT2D eigenvalue weighted by atomic mass is 16.3. The smallest absolute Gasteiger partial charge is 0.131 e. The zero-order valence-corrected chi connectivity index (χ0v) is 10.8. The first kappa shape index (κ1) is 12.2. The molecule has 2 atom stereocenters. The summed E-state index contributed by atoms with van der Waals surface area (Å²) in [5.74, 6) is 6.75. The van der Waals surface area contributed by atoms with Crippen molar-refractivity contribution >= 4 is 0 Å². The Hall–Kier alpha value is -1.26. The summed E-state index contributed by atoms with van der Waals surface area (Å²) in [7, 11) is 0. The molecule has 2 unspecified atom stereocenters. The highest BCUT2D eigenvalue weighted by Gasteiger charge is 2.49. The van der Waals surface area contributed by atoms with Gasteiger partial charge in [0, 0.05) is 11.0 Å². The lowest BCUT2D eigenvalue weighted by atomic mass is 9.78. The number of aliphatic hydroxyl groups is 1. The van der Waals surface area contributed by atoms with Crippen LogP contribution in [0.2, 0.25) is 0 Å². The van der Waals surface area contributed by atoms with E-state index >= 15 is 0 Å². The molecule has 1 N–H and O–H groups in total. The number of benzene rings is 1. The quantitative estimate of drug-likeness (QED) is 0.676. The van der Waals surface area contributed by atoms with E-state index in [1.807, 2.05) is 30.3 Å². The van der Waals surface area contributed by atoms with Crippen LogP contribution in [0.3, 0.4) is 0 Å². The zero-order valence-electron chi connectivity index (χ0n) is 10.8. The Morgan fingerprint density at radius 1 is 1.18 bits per heavy atom. The molecule has 1 aliphatic carbocycles. The van der Waals surface area contributed by atoms with Gasteiger partial charge in [0.15, 0.2) is 0 Å². The highest BCUT2D eigenvalue weighted by molar-refractivity contribution is 5.37. The maximum atomic E-state index is 10.7. The fourth-order valence-corrected chi connectivity index (χ4v) is 2.81. The van der Waals surface area contributed by atoms with Crippen molar-refractivity contribution in [2.45, 2.75) is 39.2 Å². The van der Waals surface area contributed by atoms with Gasteiger partial charge in [-0.25, -0.2) is 0 Å². The van der Waals surface area contributed by atoms with Gasteiger partial charge in [0.05, 0.1) is 0 Å². The topological polar surface area (TPSA) is 20.2 Å². The van der Waals surface area contributed by atoms with Gasteiger partial charge in [0.1, 0.15) is 5.60 Å². The van der Waals surface area contributed by atoms with Gasteiger partial charge in [0.25, 0.3) is 0 Å². The molecule has 0 heterocycles. The summed E-state index contributed by atoms with van der Waals surface area (Å²) in [6, 6.07) is 9.86. The van der Waals surface area contributed by atoms with E-state index in [9.17, 15) is 5.11 Å². The zero-order chi connectivity index (χ0) is 12.5. The van der Waals surface area contributed by atoms with Crippen LogP contribution < -0.4 is 0 Å². The Labute approximate surface area is 104 Å². The molecule has 0 saturated heterocycles. The predicted molar refractivity (Wildman–Crippen MR) is 70.4 cm³/mol. The molecule has 1 heteroatoms. The predicted octanol–water partition coefficient (Wildman–Crippen LogP) is 3.23. The summed E-state index contributed by atoms with van der Waals surface area (Å²) in [6.45, 7) is 6.40. The Kier molecular flexibility index (Phi) is 3.02. The molecule has 1 fully saturated rings. The molecule has 2 rings (SSSR count). The largest absolute Gasteiger partial charge is 0.377 e. The van der Waals surface area contributed by atoms with Gasteiger partial charge in [-0.3, -0.25) is 0 Å². The average Bonchev–Trinajstić information content (AvgIpc) is 2.46. The minimum absolute atomic E-state index is 0.117. The monoisotopic (exact) mass is 228 g/mol. The van der Waals surface area contributed by atoms with Gasteiger partial charge in [-0.2, -0.15) is 0 Å². The third kappa shape index (κ3) is 2.37. The first-order valence-corrected chi connectivity index (χ1v) is 6.24. The summed E-state index contributed by atoms with van der Waals surface area (Å²) in [5.41, 5.74) is 0.00693. The molecule has 1 aliphatic rings. The molecular weight excluding hydrogens is 208 g/mol. The van der Waals surface area contributed by atoms with Crippen LogP contribution in [0.5, 0.6) is 0 Å². The van der Waals surface area contributed by atoms with Crippen LogP contribution in [-0.4, -0.2) is 10.7 Å². The van der Waals surface area contributed by atoms with E-state index in [2.05, 4.69) is 32.6 Å². The molecule has 1 aromatic rings. The van der Waals surface area contributed by atoms with E-state index in [4.69, 9.17) is 0 Å². The van der Waals surface area contributed by atoms with Crippen LogP contribution in [0.4, 0.5) is 0 Å². The van der Waals surface area contributed by atoms with Crippen LogP contribution in [0.15, 0.2) is 30.3 Å². The molecule has 0 spiro atoms. The SMILES string of the molecule is CC1CC(C)(C)C(O)(C#Cc2ccccc2)C1. The van der Waals surface area contributed by atoms with E-state index in [1.54, 1.807) is 0 Å². The van der Waals surface area contributed by atoms with Crippen molar-refractivity contribution in [3.8, 4) is 11.8 Å². The van der Waals surface area contributed by atoms with Gasteiger partial charge < -0.3 is 5.11 Å². The second-order valence-electron chi connectivity index (χ2n) is 5.87. The Morgan fingerprint density at radius 2 is 1.82 bits per heavy atom. The normalized spacial score (nSPS) is 30.7. The van der Waals surface area contributed by atoms with Gasteiger partial charge >= 0.3 is 0 Å². The molecule has 17 heavy (non-hydrogen) atoms. The minimum atomic E-state index is -0.845. The van der Waals surface area contributed by atoms with Crippen molar-refractivity contribution in [1.29, 1.82) is 0 Å². The third-order valence-corrected chi connectivity index (χ3v) is 3.81. The summed E-state index contributed by atoms with van der Waals surface area (Å²) >= 11 is 0. The summed E-state index contributed by atoms with van der Waals surface area (Å²) in [4.78, 5) is 0. The summed E-state index contributed by atoms with van der Waals surface area (Å²) in [5, 5.41) is 10.7. The summed E-state index contributed by atoms with van der Waals surface area (Å²) < 4.78 is 0. The maximum Gasteiger partial charge on any atom is 0.131 e. The number of hydrogen-bond donors (Lipinski definition) is 1. The molecular formula is C16H20O. The molecule has 1 aromatic carbocycles. The van der Waals surface area contributed by atoms with Crippen LogP contribution >= 0.6 is 0 Å². The highest BCUT2D eigenvalue weighted by Crippen LogP contribution is 2.48. The lowest BCUT2D eigenvalue weighted by Crippen LogP contribution is -2.38. The van der Waals surface area contributed by atoms with Crippen molar-refractivity contribution in [1.82, 2.24) is 0 Å². The van der Waals surface area contributed by atoms with Crippen molar-refractivity contribution in [2.75, 3.05) is 0 Å². The van der Waals surface area contributed by atoms with Gasteiger partial charge in [0.2, 0.25) is 0 Å². The van der Waals surface area contributed by atoms with Crippen LogP contribution in [-0.2, 0) is 0 Å². The first-order chi connectivity index (χ1) is 7.93. The maximum absolute atomic E-state index is 10.7. The van der Waals surface area contributed by atoms with E-state index in [0.717, 1.165) is 18.4 Å². The van der Waals surface area contributed by atoms with Gasteiger partial charge in [-0.15, -0.1) is 0 Å².